The van der Waals surface area contributed by atoms with Crippen LogP contribution in [-0.2, 0) is 4.65 Å². The van der Waals surface area contributed by atoms with Crippen LogP contribution in [0.4, 0.5) is 18.7 Å². The fraction of sp³-hybridized carbons (Fsp3) is 0.444. The fourth-order valence-corrected chi connectivity index (χ4v) is 3.75. The van der Waals surface area contributed by atoms with E-state index in [0.29, 0.717) is 31.7 Å². The van der Waals surface area contributed by atoms with E-state index in [0.717, 1.165) is 18.9 Å². The number of anilines is 1. The van der Waals surface area contributed by atoms with Gasteiger partial charge in [-0.15, -0.1) is 0 Å². The molecule has 7 nitrogen and oxygen atoms in total. The maximum Gasteiger partial charge on any atom is 0.798 e. The molecule has 1 aromatic carbocycles. The van der Waals surface area contributed by atoms with Crippen LogP contribution in [0.15, 0.2) is 17.1 Å². The third kappa shape index (κ3) is 3.54. The number of nitrogens with zero attached hydrogens (tertiary/aromatic N) is 2. The summed E-state index contributed by atoms with van der Waals surface area (Å²) in [4.78, 5) is 26.7. The van der Waals surface area contributed by atoms with Gasteiger partial charge in [-0.05, 0) is 18.9 Å². The molecule has 2 heterocycles. The van der Waals surface area contributed by atoms with Crippen LogP contribution in [0, 0.1) is 5.82 Å². The fourth-order valence-electron chi connectivity index (χ4n) is 3.75. The number of nitrogens with one attached hydrogen (secondary N) is 1. The van der Waals surface area contributed by atoms with Crippen LogP contribution < -0.4 is 20.4 Å². The van der Waals surface area contributed by atoms with Gasteiger partial charge >= 0.3 is 13.4 Å². The maximum atomic E-state index is 15.1. The second-order valence-electron chi connectivity index (χ2n) is 7.05. The number of halogens is 3. The lowest BCUT2D eigenvalue weighted by Gasteiger charge is -2.31. The SMILES string of the molecule is COc1c(N2CCNCC2)c(F)cc2c(=O)c(C(=O)OB(F)F)cn(C3CC3)c12. The average Bonchev–Trinajstić information content (AvgIpc) is 3.53. The van der Waals surface area contributed by atoms with E-state index in [9.17, 15) is 18.2 Å². The van der Waals surface area contributed by atoms with Crippen molar-refractivity contribution >= 4 is 30.0 Å². The molecule has 1 aliphatic heterocycles. The maximum absolute atomic E-state index is 15.1. The largest absolute Gasteiger partial charge is 0.798 e. The van der Waals surface area contributed by atoms with Crippen LogP contribution in [0.25, 0.3) is 10.9 Å². The van der Waals surface area contributed by atoms with Crippen LogP contribution in [0.5, 0.6) is 5.75 Å². The van der Waals surface area contributed by atoms with E-state index in [2.05, 4.69) is 9.97 Å². The predicted molar refractivity (Wildman–Crippen MR) is 101 cm³/mol. The van der Waals surface area contributed by atoms with Crippen molar-refractivity contribution in [1.29, 1.82) is 0 Å². The lowest BCUT2D eigenvalue weighted by atomic mass is 10.1. The number of piperazine rings is 1. The quantitative estimate of drug-likeness (QED) is 0.762. The molecular weight excluding hydrogens is 390 g/mol. The zero-order valence-corrected chi connectivity index (χ0v) is 15.7. The number of pyridine rings is 1. The number of hydrogen-bond donors (Lipinski definition) is 1. The number of rotatable bonds is 5. The molecular formula is C18H19BF3N3O4. The molecule has 11 heteroatoms. The van der Waals surface area contributed by atoms with Crippen molar-refractivity contribution in [1.82, 2.24) is 9.88 Å². The Balaban J connectivity index is 1.97. The van der Waals surface area contributed by atoms with E-state index in [1.165, 1.54) is 13.3 Å². The van der Waals surface area contributed by atoms with Crippen molar-refractivity contribution in [3.8, 4) is 5.75 Å². The number of benzene rings is 1. The van der Waals surface area contributed by atoms with Gasteiger partial charge in [-0.25, -0.2) is 17.8 Å². The Hall–Kier alpha value is -2.69. The molecule has 0 spiro atoms. The number of fused-ring (bicyclic) bond motifs is 1. The molecule has 0 bridgehead atoms. The van der Waals surface area contributed by atoms with E-state index in [1.54, 1.807) is 4.57 Å². The molecule has 1 saturated heterocycles. The second-order valence-corrected chi connectivity index (χ2v) is 7.05. The summed E-state index contributed by atoms with van der Waals surface area (Å²) in [6, 6.07) is 1.02. The minimum Gasteiger partial charge on any atom is -0.492 e. The molecule has 0 amide bonds. The zero-order chi connectivity index (χ0) is 20.7. The number of carbonyl (C=O) groups is 1. The first-order valence-corrected chi connectivity index (χ1v) is 9.32. The van der Waals surface area contributed by atoms with Crippen molar-refractivity contribution < 1.29 is 27.2 Å². The van der Waals surface area contributed by atoms with E-state index in [-0.39, 0.29) is 22.9 Å². The molecule has 1 saturated carbocycles. The van der Waals surface area contributed by atoms with Crippen molar-refractivity contribution in [2.45, 2.75) is 18.9 Å². The predicted octanol–water partition coefficient (Wildman–Crippen LogP) is 1.97. The third-order valence-electron chi connectivity index (χ3n) is 5.19. The summed E-state index contributed by atoms with van der Waals surface area (Å²) < 4.78 is 51.1. The zero-order valence-electron chi connectivity index (χ0n) is 15.7. The third-order valence-corrected chi connectivity index (χ3v) is 5.19. The molecule has 1 N–H and O–H groups in total. The van der Waals surface area contributed by atoms with Gasteiger partial charge in [0.15, 0.2) is 11.6 Å². The standard InChI is InChI=1S/C18H19BF3N3O4/c1-28-17-14-11(8-13(20)15(17)24-6-4-23-5-7-24)16(26)12(18(27)29-19(21)22)9-25(14)10-2-3-10/h8-10,23H,2-7H2,1H3. The molecule has 1 aromatic heterocycles. The molecule has 2 aromatic rings. The average molecular weight is 409 g/mol. The summed E-state index contributed by atoms with van der Waals surface area (Å²) in [5.41, 5.74) is -0.825. The van der Waals surface area contributed by atoms with E-state index in [4.69, 9.17) is 4.74 Å². The van der Waals surface area contributed by atoms with Gasteiger partial charge in [0.1, 0.15) is 11.3 Å². The molecule has 0 atom stereocenters. The van der Waals surface area contributed by atoms with Gasteiger partial charge in [0, 0.05) is 38.4 Å². The molecule has 2 aliphatic rings. The molecule has 4 rings (SSSR count). The van der Waals surface area contributed by atoms with Gasteiger partial charge in [0.2, 0.25) is 5.43 Å². The summed E-state index contributed by atoms with van der Waals surface area (Å²) in [5.74, 6) is -1.92. The van der Waals surface area contributed by atoms with Gasteiger partial charge < -0.3 is 24.2 Å². The van der Waals surface area contributed by atoms with Gasteiger partial charge in [0.25, 0.3) is 0 Å². The summed E-state index contributed by atoms with van der Waals surface area (Å²) in [6.07, 6.45) is 2.78. The van der Waals surface area contributed by atoms with Gasteiger partial charge in [-0.1, -0.05) is 0 Å². The molecule has 154 valence electrons. The Bertz CT molecular complexity index is 1020. The van der Waals surface area contributed by atoms with Crippen LogP contribution >= 0.6 is 0 Å². The number of aromatic nitrogens is 1. The lowest BCUT2D eigenvalue weighted by Crippen LogP contribution is -2.44. The molecule has 1 aliphatic carbocycles. The first-order valence-electron chi connectivity index (χ1n) is 9.32. The highest BCUT2D eigenvalue weighted by molar-refractivity contribution is 6.38. The highest BCUT2D eigenvalue weighted by atomic mass is 19.2. The first kappa shape index (κ1) is 19.6. The van der Waals surface area contributed by atoms with Gasteiger partial charge in [-0.3, -0.25) is 4.79 Å². The Kier molecular flexibility index (Phi) is 5.16. The lowest BCUT2D eigenvalue weighted by molar-refractivity contribution is 0.0693. The van der Waals surface area contributed by atoms with Crippen LogP contribution in [0.2, 0.25) is 0 Å². The van der Waals surface area contributed by atoms with Crippen LogP contribution in [-0.4, -0.2) is 51.3 Å². The van der Waals surface area contributed by atoms with Crippen LogP contribution in [0.1, 0.15) is 29.2 Å². The van der Waals surface area contributed by atoms with Crippen molar-refractivity contribution in [2.75, 3.05) is 38.2 Å². The highest BCUT2D eigenvalue weighted by Gasteiger charge is 2.33. The minimum absolute atomic E-state index is 0.0357. The molecule has 2 fully saturated rings. The van der Waals surface area contributed by atoms with E-state index in [1.807, 2.05) is 4.90 Å². The van der Waals surface area contributed by atoms with Crippen LogP contribution in [0.3, 0.4) is 0 Å². The van der Waals surface area contributed by atoms with Crippen molar-refractivity contribution in [2.24, 2.45) is 0 Å². The number of carbonyl (C=O) groups excluding carboxylic acids is 1. The molecule has 29 heavy (non-hydrogen) atoms. The molecule has 0 unspecified atom stereocenters. The highest BCUT2D eigenvalue weighted by Crippen LogP contribution is 2.43. The van der Waals surface area contributed by atoms with Crippen molar-refractivity contribution in [3.63, 3.8) is 0 Å². The second kappa shape index (κ2) is 7.62. The summed E-state index contributed by atoms with van der Waals surface area (Å²) in [6.45, 7) is 2.47. The Morgan fingerprint density at radius 3 is 2.55 bits per heavy atom. The summed E-state index contributed by atoms with van der Waals surface area (Å²) in [7, 11) is -1.96. The topological polar surface area (TPSA) is 72.8 Å². The summed E-state index contributed by atoms with van der Waals surface area (Å²) >= 11 is 0. The Morgan fingerprint density at radius 2 is 1.97 bits per heavy atom. The minimum atomic E-state index is -3.35. The number of ether oxygens (including phenoxy) is 1. The van der Waals surface area contributed by atoms with Crippen molar-refractivity contribution in [3.05, 3.63) is 33.9 Å². The van der Waals surface area contributed by atoms with E-state index < -0.39 is 30.2 Å². The van der Waals surface area contributed by atoms with Gasteiger partial charge in [-0.2, -0.15) is 0 Å². The number of hydrogen-bond acceptors (Lipinski definition) is 6. The first-order chi connectivity index (χ1) is 13.9. The smallest absolute Gasteiger partial charge is 0.492 e. The Labute approximate surface area is 164 Å². The van der Waals surface area contributed by atoms with Gasteiger partial charge in [0.05, 0.1) is 18.0 Å². The summed E-state index contributed by atoms with van der Waals surface area (Å²) in [5, 5.41) is 3.09. The number of methoxy groups -OCH3 is 1. The normalized spacial score (nSPS) is 16.8. The Morgan fingerprint density at radius 1 is 1.28 bits per heavy atom. The monoisotopic (exact) mass is 409 g/mol. The van der Waals surface area contributed by atoms with E-state index >= 15 is 4.39 Å². The molecule has 0 radical (unpaired) electrons.